The number of thioether (sulfide) groups is 2. The molecule has 2 atom stereocenters. The minimum absolute atomic E-state index is 0.180. The quantitative estimate of drug-likeness (QED) is 0.0716. The Morgan fingerprint density at radius 3 is 1.82 bits per heavy atom. The van der Waals surface area contributed by atoms with Crippen molar-refractivity contribution in [3.63, 3.8) is 0 Å². The Bertz CT molecular complexity index is 1980. The highest BCUT2D eigenvalue weighted by molar-refractivity contribution is 8.00. The number of nitrogens with one attached hydrogen (secondary N) is 3. The molecule has 11 heteroatoms. The first kappa shape index (κ1) is 40.9. The van der Waals surface area contributed by atoms with Crippen molar-refractivity contribution in [1.82, 2.24) is 10.6 Å². The van der Waals surface area contributed by atoms with Gasteiger partial charge < -0.3 is 25.4 Å². The van der Waals surface area contributed by atoms with Gasteiger partial charge in [-0.3, -0.25) is 9.59 Å². The largest absolute Gasteiger partial charge is 0.467 e. The SMILES string of the molecule is COC(=O)[C@H](CCSC)NC(=O)c1cccc2cc(NC(=O)[C@H](CSC(c3ccccc3)(c3ccccc3)c3ccccc3)NC(=O)OC(C)(C)C)ccc12. The fourth-order valence-electron chi connectivity index (χ4n) is 6.26. The van der Waals surface area contributed by atoms with Crippen molar-refractivity contribution in [2.75, 3.05) is 30.2 Å². The average Bonchev–Trinajstić information content (AvgIpc) is 3.19. The minimum Gasteiger partial charge on any atom is -0.467 e. The van der Waals surface area contributed by atoms with Crippen LogP contribution >= 0.6 is 23.5 Å². The van der Waals surface area contributed by atoms with Crippen LogP contribution in [-0.4, -0.2) is 66.4 Å². The molecule has 0 aliphatic rings. The van der Waals surface area contributed by atoms with E-state index in [1.807, 2.05) is 66.9 Å². The van der Waals surface area contributed by atoms with Crippen LogP contribution in [0.25, 0.3) is 10.8 Å². The number of carbonyl (C=O) groups excluding carboxylic acids is 4. The Morgan fingerprint density at radius 1 is 0.709 bits per heavy atom. The lowest BCUT2D eigenvalue weighted by molar-refractivity contribution is -0.142. The van der Waals surface area contributed by atoms with Crippen molar-refractivity contribution in [1.29, 1.82) is 0 Å². The molecule has 0 aliphatic heterocycles. The highest BCUT2D eigenvalue weighted by atomic mass is 32.2. The van der Waals surface area contributed by atoms with Crippen LogP contribution in [0.1, 0.15) is 54.2 Å². The van der Waals surface area contributed by atoms with Crippen LogP contribution in [0.3, 0.4) is 0 Å². The number of ether oxygens (including phenoxy) is 2. The van der Waals surface area contributed by atoms with Crippen LogP contribution in [-0.2, 0) is 23.8 Å². The maximum Gasteiger partial charge on any atom is 0.408 e. The van der Waals surface area contributed by atoms with Crippen molar-refractivity contribution in [2.45, 2.75) is 49.6 Å². The number of methoxy groups -OCH3 is 1. The smallest absolute Gasteiger partial charge is 0.408 e. The number of esters is 1. The van der Waals surface area contributed by atoms with Gasteiger partial charge in [-0.1, -0.05) is 109 Å². The molecule has 3 N–H and O–H groups in total. The Hall–Kier alpha value is -5.26. The number of anilines is 1. The fourth-order valence-corrected chi connectivity index (χ4v) is 8.29. The molecule has 5 aromatic carbocycles. The van der Waals surface area contributed by atoms with Crippen LogP contribution in [0, 0.1) is 0 Å². The normalized spacial score (nSPS) is 12.6. The molecule has 0 fully saturated rings. The van der Waals surface area contributed by atoms with E-state index < -0.39 is 46.3 Å². The van der Waals surface area contributed by atoms with E-state index in [0.717, 1.165) is 16.7 Å². The molecular formula is C44H47N3O6S2. The van der Waals surface area contributed by atoms with Gasteiger partial charge in [0.1, 0.15) is 17.7 Å². The van der Waals surface area contributed by atoms with Crippen LogP contribution in [0.15, 0.2) is 127 Å². The number of amides is 3. The molecule has 55 heavy (non-hydrogen) atoms. The first-order chi connectivity index (χ1) is 26.4. The van der Waals surface area contributed by atoms with Gasteiger partial charge in [-0.05, 0) is 84.9 Å². The predicted octanol–water partition coefficient (Wildman–Crippen LogP) is 8.42. The summed E-state index contributed by atoms with van der Waals surface area (Å²) in [6, 6.07) is 39.1. The lowest BCUT2D eigenvalue weighted by Gasteiger charge is -2.36. The maximum absolute atomic E-state index is 14.2. The third-order valence-corrected chi connectivity index (χ3v) is 11.1. The van der Waals surface area contributed by atoms with Gasteiger partial charge in [-0.15, -0.1) is 11.8 Å². The van der Waals surface area contributed by atoms with Crippen LogP contribution in [0.5, 0.6) is 0 Å². The summed E-state index contributed by atoms with van der Waals surface area (Å²) in [7, 11) is 1.30. The van der Waals surface area contributed by atoms with E-state index in [1.54, 1.807) is 74.6 Å². The molecule has 0 heterocycles. The zero-order chi connectivity index (χ0) is 39.4. The van der Waals surface area contributed by atoms with Crippen LogP contribution < -0.4 is 16.0 Å². The summed E-state index contributed by atoms with van der Waals surface area (Å²) >= 11 is 3.12. The second kappa shape index (κ2) is 18.9. The number of fused-ring (bicyclic) bond motifs is 1. The summed E-state index contributed by atoms with van der Waals surface area (Å²) < 4.78 is 9.79. The summed E-state index contributed by atoms with van der Waals surface area (Å²) in [6.07, 6.45) is 1.65. The Morgan fingerprint density at radius 2 is 1.29 bits per heavy atom. The number of benzene rings is 5. The molecule has 5 aromatic rings. The summed E-state index contributed by atoms with van der Waals surface area (Å²) in [6.45, 7) is 5.31. The molecule has 0 aliphatic carbocycles. The molecule has 5 rings (SSSR count). The Labute approximate surface area is 331 Å². The molecule has 9 nitrogen and oxygen atoms in total. The highest BCUT2D eigenvalue weighted by Crippen LogP contribution is 2.48. The number of carbonyl (C=O) groups is 4. The zero-order valence-electron chi connectivity index (χ0n) is 31.7. The molecular weight excluding hydrogens is 731 g/mol. The van der Waals surface area contributed by atoms with Crippen molar-refractivity contribution in [3.05, 3.63) is 150 Å². The maximum atomic E-state index is 14.2. The van der Waals surface area contributed by atoms with E-state index in [1.165, 1.54) is 7.11 Å². The molecule has 0 aromatic heterocycles. The standard InChI is InChI=1S/C44H47N3O6S2/c1-43(2,3)53-42(51)47-38(29-55-44(31-17-9-6-10-18-31,32-19-11-7-12-20-32)33-21-13-8-14-22-33)40(49)45-34-24-25-35-30(28-34)16-15-23-36(35)39(48)46-37(26-27-54-5)41(50)52-4/h6-25,28,37-38H,26-27,29H2,1-5H3,(H,45,49)(H,46,48)(H,47,51)/t37-,38-/m0/s1. The van der Waals surface area contributed by atoms with Gasteiger partial charge in [-0.2, -0.15) is 11.8 Å². The van der Waals surface area contributed by atoms with Gasteiger partial charge >= 0.3 is 12.1 Å². The zero-order valence-corrected chi connectivity index (χ0v) is 33.3. The number of hydrogen-bond acceptors (Lipinski definition) is 8. The van der Waals surface area contributed by atoms with Gasteiger partial charge in [0.15, 0.2) is 0 Å². The van der Waals surface area contributed by atoms with Crippen molar-refractivity contribution in [3.8, 4) is 0 Å². The van der Waals surface area contributed by atoms with E-state index in [-0.39, 0.29) is 5.75 Å². The van der Waals surface area contributed by atoms with Crippen molar-refractivity contribution < 1.29 is 28.7 Å². The predicted molar refractivity (Wildman–Crippen MR) is 224 cm³/mol. The van der Waals surface area contributed by atoms with E-state index in [4.69, 9.17) is 9.47 Å². The summed E-state index contributed by atoms with van der Waals surface area (Å²) in [5.74, 6) is -0.499. The highest BCUT2D eigenvalue weighted by Gasteiger charge is 2.39. The van der Waals surface area contributed by atoms with Gasteiger partial charge in [-0.25, -0.2) is 9.59 Å². The summed E-state index contributed by atoms with van der Waals surface area (Å²) in [5, 5.41) is 10.0. The lowest BCUT2D eigenvalue weighted by atomic mass is 9.84. The van der Waals surface area contributed by atoms with Gasteiger partial charge in [0.25, 0.3) is 5.91 Å². The second-order valence-corrected chi connectivity index (χ2v) is 16.1. The average molecular weight is 778 g/mol. The van der Waals surface area contributed by atoms with E-state index >= 15 is 0 Å². The summed E-state index contributed by atoms with van der Waals surface area (Å²) in [4.78, 5) is 53.3. The minimum atomic E-state index is -1.01. The number of alkyl carbamates (subject to hydrolysis) is 1. The monoisotopic (exact) mass is 777 g/mol. The van der Waals surface area contributed by atoms with E-state index in [2.05, 4.69) is 52.3 Å². The Kier molecular flexibility index (Phi) is 14.0. The molecule has 286 valence electrons. The van der Waals surface area contributed by atoms with Gasteiger partial charge in [0.05, 0.1) is 11.9 Å². The molecule has 0 radical (unpaired) electrons. The number of rotatable bonds is 15. The van der Waals surface area contributed by atoms with Gasteiger partial charge in [0.2, 0.25) is 5.91 Å². The summed E-state index contributed by atoms with van der Waals surface area (Å²) in [5.41, 5.74) is 3.13. The van der Waals surface area contributed by atoms with Crippen molar-refractivity contribution >= 4 is 63.9 Å². The van der Waals surface area contributed by atoms with E-state index in [9.17, 15) is 19.2 Å². The first-order valence-corrected chi connectivity index (χ1v) is 20.3. The fraction of sp³-hybridized carbons (Fsp3) is 0.273. The molecule has 0 saturated heterocycles. The lowest BCUT2D eigenvalue weighted by Crippen LogP contribution is -2.48. The molecule has 0 unspecified atom stereocenters. The third kappa shape index (κ3) is 10.5. The second-order valence-electron chi connectivity index (χ2n) is 13.9. The number of hydrogen-bond donors (Lipinski definition) is 3. The Balaban J connectivity index is 1.46. The molecule has 0 bridgehead atoms. The topological polar surface area (TPSA) is 123 Å². The van der Waals surface area contributed by atoms with Crippen LogP contribution in [0.2, 0.25) is 0 Å². The molecule has 0 spiro atoms. The van der Waals surface area contributed by atoms with Crippen LogP contribution in [0.4, 0.5) is 10.5 Å². The molecule has 3 amide bonds. The third-order valence-electron chi connectivity index (χ3n) is 8.81. The van der Waals surface area contributed by atoms with E-state index in [0.29, 0.717) is 34.2 Å². The first-order valence-electron chi connectivity index (χ1n) is 18.0. The molecule has 0 saturated carbocycles. The van der Waals surface area contributed by atoms with Gasteiger partial charge in [0, 0.05) is 17.0 Å². The van der Waals surface area contributed by atoms with Crippen molar-refractivity contribution in [2.24, 2.45) is 0 Å².